The lowest BCUT2D eigenvalue weighted by atomic mass is 11.5. The normalized spacial score (nSPS) is 5.33. The number of hydrogen-bond donors (Lipinski definition) is 4. The van der Waals surface area contributed by atoms with Crippen LogP contribution in [0.3, 0.4) is 0 Å². The topological polar surface area (TPSA) is 115 Å². The van der Waals surface area contributed by atoms with Crippen LogP contribution in [0.4, 0.5) is 9.59 Å². The molecule has 0 unspecified atom stereocenters. The Labute approximate surface area is 54.4 Å². The first-order valence-electron chi connectivity index (χ1n) is 1.30. The molecule has 0 spiro atoms. The summed E-state index contributed by atoms with van der Waals surface area (Å²) in [6, 6.07) is 0. The highest BCUT2D eigenvalue weighted by Crippen LogP contribution is 1.43. The van der Waals surface area contributed by atoms with Crippen molar-refractivity contribution in [2.45, 2.75) is 0 Å². The summed E-state index contributed by atoms with van der Waals surface area (Å²) >= 11 is 0. The van der Waals surface area contributed by atoms with Crippen LogP contribution in [-0.2, 0) is 0 Å². The van der Waals surface area contributed by atoms with E-state index in [1.165, 1.54) is 0 Å². The van der Waals surface area contributed by atoms with Gasteiger partial charge in [-0.15, -0.1) is 0 Å². The van der Waals surface area contributed by atoms with Crippen LogP contribution < -0.4 is 0 Å². The van der Waals surface area contributed by atoms with E-state index in [9.17, 15) is 0 Å². The summed E-state index contributed by atoms with van der Waals surface area (Å²) in [4.78, 5) is 17.1. The van der Waals surface area contributed by atoms with Gasteiger partial charge in [0.25, 0.3) is 0 Å². The van der Waals surface area contributed by atoms with E-state index in [1.54, 1.807) is 0 Å². The molecule has 0 atom stereocenters. The van der Waals surface area contributed by atoms with Crippen molar-refractivity contribution in [3.05, 3.63) is 0 Å². The average Bonchev–Trinajstić information content (AvgIpc) is 1.25. The van der Waals surface area contributed by atoms with Crippen molar-refractivity contribution >= 4 is 23.3 Å². The van der Waals surface area contributed by atoms with Gasteiger partial charge in [0.1, 0.15) is 0 Å². The molecule has 0 heterocycles. The first kappa shape index (κ1) is 15.7. The molecule has 9 heavy (non-hydrogen) atoms. The van der Waals surface area contributed by atoms with Gasteiger partial charge < -0.3 is 20.4 Å². The quantitative estimate of drug-likeness (QED) is 0.334. The van der Waals surface area contributed by atoms with E-state index in [0.717, 1.165) is 0 Å². The predicted molar refractivity (Wildman–Crippen MR) is 32.6 cm³/mol. The van der Waals surface area contributed by atoms with Crippen LogP contribution >= 0.6 is 0 Å². The van der Waals surface area contributed by atoms with Gasteiger partial charge in [0, 0.05) is 0 Å². The molecule has 0 amide bonds. The lowest BCUT2D eigenvalue weighted by Gasteiger charge is -1.60. The molecule has 0 aromatic rings. The zero-order chi connectivity index (χ0) is 7.15. The highest BCUT2D eigenvalue weighted by Gasteiger charge is 1.70. The van der Waals surface area contributed by atoms with Gasteiger partial charge in [-0.25, -0.2) is 9.59 Å². The van der Waals surface area contributed by atoms with E-state index < -0.39 is 12.3 Å². The van der Waals surface area contributed by atoms with Crippen molar-refractivity contribution in [2.24, 2.45) is 0 Å². The first-order chi connectivity index (χ1) is 3.46. The molecule has 0 aromatic carbocycles. The molecule has 0 bridgehead atoms. The average molecular weight is 156 g/mol. The van der Waals surface area contributed by atoms with Crippen molar-refractivity contribution in [3.8, 4) is 0 Å². The third-order valence-electron chi connectivity index (χ3n) is 0. The van der Waals surface area contributed by atoms with Crippen molar-refractivity contribution in [2.75, 3.05) is 0 Å². The Morgan fingerprint density at radius 2 is 0.778 bits per heavy atom. The Balaban J connectivity index is -0.0000000720. The second-order valence-electron chi connectivity index (χ2n) is 0.565. The van der Waals surface area contributed by atoms with Crippen molar-refractivity contribution in [3.63, 3.8) is 0 Å². The molecule has 0 saturated carbocycles. The Morgan fingerprint density at radius 3 is 0.778 bits per heavy atom. The second kappa shape index (κ2) is 9.90. The summed E-state index contributed by atoms with van der Waals surface area (Å²) in [7, 11) is 0. The Kier molecular flexibility index (Phi) is 17.2. The number of rotatable bonds is 0. The summed E-state index contributed by atoms with van der Waals surface area (Å²) in [6.07, 6.45) is -3.67. The van der Waals surface area contributed by atoms with Crippen LogP contribution in [0.15, 0.2) is 0 Å². The van der Waals surface area contributed by atoms with Crippen LogP contribution in [0.1, 0.15) is 0 Å². The standard InChI is InChI=1S/2CH2O3.H4Si/c2*2-1(3)4;/h2*(H2,2,3,4);1H4. The third kappa shape index (κ3) is 98.9. The lowest BCUT2D eigenvalue weighted by Crippen LogP contribution is -1.81. The van der Waals surface area contributed by atoms with Crippen LogP contribution in [0.2, 0.25) is 0 Å². The zero-order valence-corrected chi connectivity index (χ0v) is 3.61. The fourth-order valence-corrected chi connectivity index (χ4v) is 0. The third-order valence-corrected chi connectivity index (χ3v) is 0. The minimum Gasteiger partial charge on any atom is -0.450 e. The van der Waals surface area contributed by atoms with Crippen LogP contribution in [-0.4, -0.2) is 43.7 Å². The monoisotopic (exact) mass is 156 g/mol. The van der Waals surface area contributed by atoms with Gasteiger partial charge in [-0.05, 0) is 11.0 Å². The van der Waals surface area contributed by atoms with Gasteiger partial charge in [-0.1, -0.05) is 0 Å². The van der Waals surface area contributed by atoms with Gasteiger partial charge in [-0.2, -0.15) is 0 Å². The molecule has 0 aromatic heterocycles. The highest BCUT2D eigenvalue weighted by atomic mass is 28.1. The SMILES string of the molecule is O=C(O)O.O=C(O)O.[SiH4]. The van der Waals surface area contributed by atoms with E-state index in [-0.39, 0.29) is 11.0 Å². The van der Waals surface area contributed by atoms with Gasteiger partial charge in [0.15, 0.2) is 0 Å². The molecule has 0 rings (SSSR count). The van der Waals surface area contributed by atoms with Crippen LogP contribution in [0.5, 0.6) is 0 Å². The molecule has 56 valence electrons. The molecule has 0 fully saturated rings. The highest BCUT2D eigenvalue weighted by molar-refractivity contribution is 5.75. The maximum atomic E-state index is 8.56. The van der Waals surface area contributed by atoms with Crippen molar-refractivity contribution in [1.29, 1.82) is 0 Å². The first-order valence-corrected chi connectivity index (χ1v) is 1.30. The number of carboxylic acid groups (broad SMARTS) is 4. The van der Waals surface area contributed by atoms with Crippen LogP contribution in [0, 0.1) is 0 Å². The maximum absolute atomic E-state index is 8.56. The molecule has 4 N–H and O–H groups in total. The fourth-order valence-electron chi connectivity index (χ4n) is 0. The molecule has 0 saturated heterocycles. The number of carbonyl (C=O) groups is 2. The summed E-state index contributed by atoms with van der Waals surface area (Å²) < 4.78 is 0. The molecule has 0 radical (unpaired) electrons. The molecule has 0 aliphatic heterocycles. The largest absolute Gasteiger partial charge is 0.503 e. The maximum Gasteiger partial charge on any atom is 0.503 e. The lowest BCUT2D eigenvalue weighted by molar-refractivity contribution is 0.135. The molecular weight excluding hydrogens is 148 g/mol. The Morgan fingerprint density at radius 1 is 0.778 bits per heavy atom. The fraction of sp³-hybridized carbons (Fsp3) is 0. The van der Waals surface area contributed by atoms with E-state index >= 15 is 0 Å². The Hall–Kier alpha value is -1.24. The Bertz CT molecular complexity index is 69.1. The minimum atomic E-state index is -1.83. The molecule has 7 heteroatoms. The predicted octanol–water partition coefficient (Wildman–Crippen LogP) is -1.01. The van der Waals surface area contributed by atoms with Gasteiger partial charge in [0.2, 0.25) is 0 Å². The molecule has 6 nitrogen and oxygen atoms in total. The van der Waals surface area contributed by atoms with Crippen LogP contribution in [0.25, 0.3) is 0 Å². The smallest absolute Gasteiger partial charge is 0.450 e. The summed E-state index contributed by atoms with van der Waals surface area (Å²) in [5, 5.41) is 27.9. The second-order valence-corrected chi connectivity index (χ2v) is 0.565. The summed E-state index contributed by atoms with van der Waals surface area (Å²) in [5.41, 5.74) is 0. The van der Waals surface area contributed by atoms with Crippen molar-refractivity contribution in [1.82, 2.24) is 0 Å². The summed E-state index contributed by atoms with van der Waals surface area (Å²) in [6.45, 7) is 0. The van der Waals surface area contributed by atoms with E-state index in [2.05, 4.69) is 0 Å². The minimum absolute atomic E-state index is 0. The van der Waals surface area contributed by atoms with E-state index in [1.807, 2.05) is 0 Å². The molecule has 0 aliphatic carbocycles. The van der Waals surface area contributed by atoms with E-state index in [0.29, 0.717) is 0 Å². The molecule has 0 aliphatic rings. The van der Waals surface area contributed by atoms with Crippen molar-refractivity contribution < 1.29 is 30.0 Å². The van der Waals surface area contributed by atoms with Gasteiger partial charge >= 0.3 is 12.3 Å². The van der Waals surface area contributed by atoms with Gasteiger partial charge in [0.05, 0.1) is 0 Å². The summed E-state index contributed by atoms with van der Waals surface area (Å²) in [5.74, 6) is 0. The number of hydrogen-bond acceptors (Lipinski definition) is 2. The zero-order valence-electron chi connectivity index (χ0n) is 3.61. The van der Waals surface area contributed by atoms with Gasteiger partial charge in [-0.3, -0.25) is 0 Å². The van der Waals surface area contributed by atoms with E-state index in [4.69, 9.17) is 30.0 Å². The molecular formula is C2H8O6Si.